The van der Waals surface area contributed by atoms with Crippen molar-refractivity contribution in [2.24, 2.45) is 0 Å². The van der Waals surface area contributed by atoms with Crippen LogP contribution >= 0.6 is 11.6 Å². The summed E-state index contributed by atoms with van der Waals surface area (Å²) in [6.45, 7) is 1.83. The number of halogens is 4. The Bertz CT molecular complexity index is 809. The number of aliphatic carboxylic acids is 1. The highest BCUT2D eigenvalue weighted by Gasteiger charge is 2.42. The van der Waals surface area contributed by atoms with Crippen LogP contribution in [0.1, 0.15) is 42.9 Å². The van der Waals surface area contributed by atoms with Crippen molar-refractivity contribution in [3.05, 3.63) is 58.6 Å². The van der Waals surface area contributed by atoms with Gasteiger partial charge in [0, 0.05) is 29.1 Å². The molecule has 2 atom stereocenters. The molecule has 8 heteroatoms. The minimum Gasteiger partial charge on any atom is -0.481 e. The lowest BCUT2D eigenvalue weighted by atomic mass is 9.91. The maximum atomic E-state index is 13.4. The average molecular weight is 416 g/mol. The Kier molecular flexibility index (Phi) is 7.32. The third kappa shape index (κ3) is 5.62. The monoisotopic (exact) mass is 415 g/mol. The number of ether oxygens (including phenoxy) is 1. The number of carboxylic acid groups (broad SMARTS) is 1. The van der Waals surface area contributed by atoms with Gasteiger partial charge in [-0.15, -0.1) is 0 Å². The van der Waals surface area contributed by atoms with Gasteiger partial charge in [0.2, 0.25) is 0 Å². The zero-order valence-corrected chi connectivity index (χ0v) is 16.1. The van der Waals surface area contributed by atoms with Crippen molar-refractivity contribution in [3.63, 3.8) is 0 Å². The Morgan fingerprint density at radius 3 is 2.36 bits per heavy atom. The third-order valence-corrected chi connectivity index (χ3v) is 4.65. The molecule has 0 aliphatic rings. The van der Waals surface area contributed by atoms with Crippen LogP contribution < -0.4 is 5.32 Å². The van der Waals surface area contributed by atoms with E-state index in [1.807, 2.05) is 6.92 Å². The highest BCUT2D eigenvalue weighted by Crippen LogP contribution is 2.41. The van der Waals surface area contributed by atoms with Crippen molar-refractivity contribution in [1.82, 2.24) is 0 Å². The SMILES string of the molecule is CCC(CC(=O)O)c1ccc(C(OC)C(F)(F)F)c(Nc2ccc(Cl)cc2)c1. The van der Waals surface area contributed by atoms with E-state index in [2.05, 4.69) is 5.32 Å². The predicted molar refractivity (Wildman–Crippen MR) is 102 cm³/mol. The van der Waals surface area contributed by atoms with Crippen LogP contribution in [0.2, 0.25) is 5.02 Å². The Balaban J connectivity index is 2.51. The summed E-state index contributed by atoms with van der Waals surface area (Å²) in [7, 11) is 0.997. The van der Waals surface area contributed by atoms with Crippen LogP contribution in [-0.4, -0.2) is 24.4 Å². The zero-order valence-electron chi connectivity index (χ0n) is 15.4. The Labute approximate surface area is 166 Å². The number of methoxy groups -OCH3 is 1. The van der Waals surface area contributed by atoms with Gasteiger partial charge in [0.15, 0.2) is 6.10 Å². The van der Waals surface area contributed by atoms with E-state index in [1.165, 1.54) is 12.1 Å². The summed E-state index contributed by atoms with van der Waals surface area (Å²) in [6.07, 6.45) is -6.28. The van der Waals surface area contributed by atoms with E-state index in [-0.39, 0.29) is 23.6 Å². The van der Waals surface area contributed by atoms with Crippen molar-refractivity contribution in [2.45, 2.75) is 38.0 Å². The number of hydrogen-bond donors (Lipinski definition) is 2. The lowest BCUT2D eigenvalue weighted by Crippen LogP contribution is -2.23. The van der Waals surface area contributed by atoms with Crippen LogP contribution in [0.15, 0.2) is 42.5 Å². The zero-order chi connectivity index (χ0) is 20.9. The first-order valence-corrected chi connectivity index (χ1v) is 9.01. The van der Waals surface area contributed by atoms with E-state index in [0.717, 1.165) is 7.11 Å². The Morgan fingerprint density at radius 1 is 1.21 bits per heavy atom. The van der Waals surface area contributed by atoms with E-state index in [1.54, 1.807) is 30.3 Å². The molecule has 0 bridgehead atoms. The number of nitrogens with one attached hydrogen (secondary N) is 1. The highest BCUT2D eigenvalue weighted by atomic mass is 35.5. The van der Waals surface area contributed by atoms with Crippen molar-refractivity contribution in [3.8, 4) is 0 Å². The molecule has 2 N–H and O–H groups in total. The van der Waals surface area contributed by atoms with Gasteiger partial charge in [-0.3, -0.25) is 4.79 Å². The van der Waals surface area contributed by atoms with Gasteiger partial charge in [0.05, 0.1) is 6.42 Å². The van der Waals surface area contributed by atoms with Gasteiger partial charge in [-0.1, -0.05) is 30.7 Å². The molecule has 0 saturated heterocycles. The third-order valence-electron chi connectivity index (χ3n) is 4.40. The predicted octanol–water partition coefficient (Wildman–Crippen LogP) is 6.30. The van der Waals surface area contributed by atoms with E-state index in [4.69, 9.17) is 21.4 Å². The normalized spacial score (nSPS) is 13.8. The molecule has 0 aromatic heterocycles. The fraction of sp³-hybridized carbons (Fsp3) is 0.350. The second-order valence-electron chi connectivity index (χ2n) is 6.34. The second-order valence-corrected chi connectivity index (χ2v) is 6.78. The van der Waals surface area contributed by atoms with E-state index in [9.17, 15) is 18.0 Å². The molecule has 0 aliphatic carbocycles. The molecule has 0 heterocycles. The molecule has 2 aromatic carbocycles. The average Bonchev–Trinajstić information content (AvgIpc) is 2.62. The maximum absolute atomic E-state index is 13.4. The van der Waals surface area contributed by atoms with Gasteiger partial charge in [-0.25, -0.2) is 0 Å². The Morgan fingerprint density at radius 2 is 1.86 bits per heavy atom. The summed E-state index contributed by atoms with van der Waals surface area (Å²) in [6, 6.07) is 10.9. The first-order valence-electron chi connectivity index (χ1n) is 8.63. The standard InChI is InChI=1S/C20H21ClF3NO3/c1-3-12(11-18(26)27)13-4-9-16(19(28-2)20(22,23)24)17(10-13)25-15-7-5-14(21)6-8-15/h4-10,12,19,25H,3,11H2,1-2H3,(H,26,27). The summed E-state index contributed by atoms with van der Waals surface area (Å²) >= 11 is 5.86. The van der Waals surface area contributed by atoms with E-state index in [0.29, 0.717) is 22.7 Å². The number of rotatable bonds is 8. The van der Waals surface area contributed by atoms with Crippen LogP contribution in [0.25, 0.3) is 0 Å². The lowest BCUT2D eigenvalue weighted by molar-refractivity contribution is -0.215. The van der Waals surface area contributed by atoms with Crippen molar-refractivity contribution < 1.29 is 27.8 Å². The molecule has 0 saturated carbocycles. The fourth-order valence-electron chi connectivity index (χ4n) is 3.00. The minimum absolute atomic E-state index is 0.0844. The van der Waals surface area contributed by atoms with E-state index >= 15 is 0 Å². The minimum atomic E-state index is -4.60. The van der Waals surface area contributed by atoms with Crippen LogP contribution in [0.3, 0.4) is 0 Å². The molecule has 2 rings (SSSR count). The van der Waals surface area contributed by atoms with Gasteiger partial charge >= 0.3 is 12.1 Å². The topological polar surface area (TPSA) is 58.6 Å². The molecule has 152 valence electrons. The maximum Gasteiger partial charge on any atom is 0.418 e. The molecule has 2 aromatic rings. The van der Waals surface area contributed by atoms with Gasteiger partial charge in [-0.05, 0) is 48.2 Å². The van der Waals surface area contributed by atoms with Gasteiger partial charge in [-0.2, -0.15) is 13.2 Å². The van der Waals surface area contributed by atoms with E-state index < -0.39 is 18.2 Å². The molecule has 0 aliphatic heterocycles. The molecular weight excluding hydrogens is 395 g/mol. The quantitative estimate of drug-likeness (QED) is 0.531. The first kappa shape index (κ1) is 22.0. The molecule has 0 fully saturated rings. The largest absolute Gasteiger partial charge is 0.481 e. The molecule has 28 heavy (non-hydrogen) atoms. The van der Waals surface area contributed by atoms with Crippen LogP contribution in [-0.2, 0) is 9.53 Å². The smallest absolute Gasteiger partial charge is 0.418 e. The van der Waals surface area contributed by atoms with Crippen LogP contribution in [0.4, 0.5) is 24.5 Å². The van der Waals surface area contributed by atoms with Crippen molar-refractivity contribution in [2.75, 3.05) is 12.4 Å². The second kappa shape index (κ2) is 9.30. The summed E-state index contributed by atoms with van der Waals surface area (Å²) in [5, 5.41) is 12.6. The summed E-state index contributed by atoms with van der Waals surface area (Å²) < 4.78 is 45.0. The fourth-order valence-corrected chi connectivity index (χ4v) is 3.13. The number of hydrogen-bond acceptors (Lipinski definition) is 3. The number of anilines is 2. The highest BCUT2D eigenvalue weighted by molar-refractivity contribution is 6.30. The molecule has 0 radical (unpaired) electrons. The lowest BCUT2D eigenvalue weighted by Gasteiger charge is -2.24. The van der Waals surface area contributed by atoms with Gasteiger partial charge in [0.1, 0.15) is 0 Å². The summed E-state index contributed by atoms with van der Waals surface area (Å²) in [4.78, 5) is 11.1. The van der Waals surface area contributed by atoms with Crippen LogP contribution in [0, 0.1) is 0 Å². The van der Waals surface area contributed by atoms with Crippen molar-refractivity contribution in [1.29, 1.82) is 0 Å². The summed E-state index contributed by atoms with van der Waals surface area (Å²) in [5.74, 6) is -1.28. The number of alkyl halides is 3. The molecule has 0 amide bonds. The van der Waals surface area contributed by atoms with Crippen LogP contribution in [0.5, 0.6) is 0 Å². The molecular formula is C20H21ClF3NO3. The number of benzene rings is 2. The number of carbonyl (C=O) groups is 1. The Hall–Kier alpha value is -2.25. The number of carboxylic acids is 1. The first-order chi connectivity index (χ1) is 13.2. The molecule has 4 nitrogen and oxygen atoms in total. The van der Waals surface area contributed by atoms with Gasteiger partial charge < -0.3 is 15.2 Å². The summed E-state index contributed by atoms with van der Waals surface area (Å²) in [5.41, 5.74) is 1.31. The van der Waals surface area contributed by atoms with Crippen molar-refractivity contribution >= 4 is 28.9 Å². The van der Waals surface area contributed by atoms with Gasteiger partial charge in [0.25, 0.3) is 0 Å². The molecule has 2 unspecified atom stereocenters. The molecule has 0 spiro atoms.